The van der Waals surface area contributed by atoms with E-state index in [9.17, 15) is 0 Å². The summed E-state index contributed by atoms with van der Waals surface area (Å²) in [7, 11) is 0. The van der Waals surface area contributed by atoms with E-state index in [4.69, 9.17) is 0 Å². The van der Waals surface area contributed by atoms with E-state index in [1.807, 2.05) is 0 Å². The molecule has 406 valence electrons. The van der Waals surface area contributed by atoms with Gasteiger partial charge in [0.05, 0.1) is 27.5 Å². The van der Waals surface area contributed by atoms with Gasteiger partial charge < -0.3 is 9.13 Å². The van der Waals surface area contributed by atoms with Gasteiger partial charge in [0.25, 0.3) is 0 Å². The predicted molar refractivity (Wildman–Crippen MR) is 365 cm³/mol. The molecule has 2 aromatic heterocycles. The third-order valence-corrected chi connectivity index (χ3v) is 18.4. The van der Waals surface area contributed by atoms with Crippen LogP contribution in [0.1, 0.15) is 22.3 Å². The van der Waals surface area contributed by atoms with E-state index in [2.05, 4.69) is 349 Å². The standard InChI is InChI=1S/C85H56N2/c1-3-18-57(19-4-1)60-40-46-71(47-41-60)86-81-34-13-9-30-75(81)77-55-67(44-50-83(77)86)68-45-51-84-78(56-68)76-31-10-14-35-82(76)87(84)72-48-42-61(43-49-72)59-36-38-62(39-37-59)65-24-16-26-69(53-65)85(79-32-11-7-28-73(79)74-29-8-12-33-80(74)85)70-27-17-25-66(54-70)64-23-15-22-63(52-64)58-20-5-2-6-21-58/h1-56H. The van der Waals surface area contributed by atoms with Crippen molar-refractivity contribution < 1.29 is 0 Å². The topological polar surface area (TPSA) is 9.86 Å². The van der Waals surface area contributed by atoms with Crippen molar-refractivity contribution in [1.29, 1.82) is 0 Å². The Kier molecular flexibility index (Phi) is 11.8. The second-order valence-electron chi connectivity index (χ2n) is 23.2. The molecule has 0 saturated heterocycles. The number of aromatic nitrogens is 2. The summed E-state index contributed by atoms with van der Waals surface area (Å²) in [4.78, 5) is 0. The number of benzene rings is 14. The molecule has 87 heavy (non-hydrogen) atoms. The molecule has 2 heteroatoms. The predicted octanol–water partition coefficient (Wildman–Crippen LogP) is 22.2. The van der Waals surface area contributed by atoms with E-state index in [0.29, 0.717) is 0 Å². The lowest BCUT2D eigenvalue weighted by Gasteiger charge is -2.34. The minimum absolute atomic E-state index is 0.548. The van der Waals surface area contributed by atoms with Crippen molar-refractivity contribution in [3.8, 4) is 89.3 Å². The summed E-state index contributed by atoms with van der Waals surface area (Å²) >= 11 is 0. The molecule has 17 rings (SSSR count). The zero-order valence-electron chi connectivity index (χ0n) is 47.7. The van der Waals surface area contributed by atoms with Crippen molar-refractivity contribution in [3.63, 3.8) is 0 Å². The van der Waals surface area contributed by atoms with Crippen molar-refractivity contribution in [2.75, 3.05) is 0 Å². The highest BCUT2D eigenvalue weighted by Gasteiger charge is 2.46. The summed E-state index contributed by atoms with van der Waals surface area (Å²) in [5.41, 5.74) is 28.5. The van der Waals surface area contributed by atoms with Gasteiger partial charge in [-0.1, -0.05) is 261 Å². The maximum absolute atomic E-state index is 2.44. The van der Waals surface area contributed by atoms with Crippen LogP contribution in [0.25, 0.3) is 133 Å². The summed E-state index contributed by atoms with van der Waals surface area (Å²) in [6.45, 7) is 0. The Morgan fingerprint density at radius 3 is 0.966 bits per heavy atom. The Balaban J connectivity index is 0.686. The number of rotatable bonds is 10. The second kappa shape index (κ2) is 20.5. The zero-order chi connectivity index (χ0) is 57.4. The highest BCUT2D eigenvalue weighted by molar-refractivity contribution is 6.13. The normalized spacial score (nSPS) is 12.5. The molecule has 0 fully saturated rings. The van der Waals surface area contributed by atoms with Crippen LogP contribution in [0.2, 0.25) is 0 Å². The van der Waals surface area contributed by atoms with Crippen LogP contribution in [0.4, 0.5) is 0 Å². The minimum atomic E-state index is -0.548. The average molecular weight is 1110 g/mol. The van der Waals surface area contributed by atoms with Gasteiger partial charge in [-0.15, -0.1) is 0 Å². The molecular formula is C85H56N2. The molecule has 0 bridgehead atoms. The lowest BCUT2D eigenvalue weighted by Crippen LogP contribution is -2.28. The van der Waals surface area contributed by atoms with Gasteiger partial charge in [0, 0.05) is 32.9 Å². The number of hydrogen-bond acceptors (Lipinski definition) is 0. The lowest BCUT2D eigenvalue weighted by molar-refractivity contribution is 0.769. The van der Waals surface area contributed by atoms with Crippen LogP contribution in [-0.4, -0.2) is 9.13 Å². The molecule has 0 N–H and O–H groups in total. The first-order valence-electron chi connectivity index (χ1n) is 30.1. The fraction of sp³-hybridized carbons (Fsp3) is 0.0118. The molecule has 1 aliphatic carbocycles. The molecule has 2 heterocycles. The van der Waals surface area contributed by atoms with Crippen LogP contribution in [0.3, 0.4) is 0 Å². The van der Waals surface area contributed by atoms with Gasteiger partial charge in [-0.05, 0) is 179 Å². The highest BCUT2D eigenvalue weighted by Crippen LogP contribution is 2.57. The van der Waals surface area contributed by atoms with Gasteiger partial charge in [-0.25, -0.2) is 0 Å². The Hall–Kier alpha value is -11.3. The third kappa shape index (κ3) is 8.25. The summed E-state index contributed by atoms with van der Waals surface area (Å²) < 4.78 is 4.82. The van der Waals surface area contributed by atoms with Gasteiger partial charge in [0.1, 0.15) is 0 Å². The molecule has 0 atom stereocenters. The molecule has 16 aromatic rings. The van der Waals surface area contributed by atoms with Crippen molar-refractivity contribution in [2.24, 2.45) is 0 Å². The van der Waals surface area contributed by atoms with Crippen molar-refractivity contribution in [2.45, 2.75) is 5.41 Å². The largest absolute Gasteiger partial charge is 0.309 e. The van der Waals surface area contributed by atoms with Crippen molar-refractivity contribution >= 4 is 43.6 Å². The van der Waals surface area contributed by atoms with E-state index in [1.165, 1.54) is 144 Å². The first-order valence-corrected chi connectivity index (χ1v) is 30.1. The number of nitrogens with zero attached hydrogens (tertiary/aromatic N) is 2. The van der Waals surface area contributed by atoms with E-state index >= 15 is 0 Å². The molecule has 0 amide bonds. The van der Waals surface area contributed by atoms with Crippen LogP contribution in [0, 0.1) is 0 Å². The Labute approximate surface area is 506 Å². The van der Waals surface area contributed by atoms with Gasteiger partial charge in [0.15, 0.2) is 0 Å². The first kappa shape index (κ1) is 50.2. The van der Waals surface area contributed by atoms with Gasteiger partial charge in [0.2, 0.25) is 0 Å². The van der Waals surface area contributed by atoms with Crippen molar-refractivity contribution in [3.05, 3.63) is 362 Å². The van der Waals surface area contributed by atoms with Crippen LogP contribution < -0.4 is 0 Å². The van der Waals surface area contributed by atoms with Gasteiger partial charge in [-0.2, -0.15) is 0 Å². The Morgan fingerprint density at radius 1 is 0.184 bits per heavy atom. The zero-order valence-corrected chi connectivity index (χ0v) is 47.7. The minimum Gasteiger partial charge on any atom is -0.309 e. The average Bonchev–Trinajstić information content (AvgIpc) is 1.90. The van der Waals surface area contributed by atoms with Crippen LogP contribution in [-0.2, 0) is 5.41 Å². The van der Waals surface area contributed by atoms with Gasteiger partial charge in [-0.3, -0.25) is 0 Å². The number of hydrogen-bond donors (Lipinski definition) is 0. The van der Waals surface area contributed by atoms with Crippen LogP contribution in [0.15, 0.2) is 340 Å². The van der Waals surface area contributed by atoms with E-state index in [1.54, 1.807) is 0 Å². The van der Waals surface area contributed by atoms with E-state index in [0.717, 1.165) is 11.4 Å². The second-order valence-corrected chi connectivity index (χ2v) is 23.2. The van der Waals surface area contributed by atoms with Crippen molar-refractivity contribution in [1.82, 2.24) is 9.13 Å². The first-order chi connectivity index (χ1) is 43.1. The molecule has 1 aliphatic rings. The fourth-order valence-electron chi connectivity index (χ4n) is 14.3. The highest BCUT2D eigenvalue weighted by atomic mass is 15.0. The monoisotopic (exact) mass is 1100 g/mol. The molecule has 0 saturated carbocycles. The summed E-state index contributed by atoms with van der Waals surface area (Å²) in [5.74, 6) is 0. The molecule has 0 aliphatic heterocycles. The Bertz CT molecular complexity index is 5250. The quantitative estimate of drug-likeness (QED) is 0.129. The number of fused-ring (bicyclic) bond motifs is 9. The van der Waals surface area contributed by atoms with Gasteiger partial charge >= 0.3 is 0 Å². The summed E-state index contributed by atoms with van der Waals surface area (Å²) in [6.07, 6.45) is 0. The Morgan fingerprint density at radius 2 is 0.483 bits per heavy atom. The SMILES string of the molecule is c1ccc(-c2ccc(-n3c4ccccc4c4cc(-c5ccc6c(c5)c5ccccc5n6-c5ccc(-c6ccc(-c7cccc(C8(c9cccc(-c%10cccc(-c%11ccccc%11)c%10)c9)c9ccccc9-c9ccccc98)c7)cc6)cc5)ccc43)cc2)cc1. The lowest BCUT2D eigenvalue weighted by atomic mass is 9.67. The molecule has 2 nitrogen and oxygen atoms in total. The smallest absolute Gasteiger partial charge is 0.0713 e. The van der Waals surface area contributed by atoms with Crippen LogP contribution in [0.5, 0.6) is 0 Å². The van der Waals surface area contributed by atoms with E-state index in [-0.39, 0.29) is 0 Å². The maximum Gasteiger partial charge on any atom is 0.0713 e. The number of para-hydroxylation sites is 2. The molecule has 0 spiro atoms. The van der Waals surface area contributed by atoms with E-state index < -0.39 is 5.41 Å². The van der Waals surface area contributed by atoms with Crippen LogP contribution >= 0.6 is 0 Å². The molecule has 14 aromatic carbocycles. The third-order valence-electron chi connectivity index (χ3n) is 18.4. The maximum atomic E-state index is 2.44. The summed E-state index contributed by atoms with van der Waals surface area (Å²) in [6, 6.07) is 126. The molecule has 0 unspecified atom stereocenters. The fourth-order valence-corrected chi connectivity index (χ4v) is 14.3. The summed E-state index contributed by atoms with van der Waals surface area (Å²) in [5, 5.41) is 4.96. The molecular weight excluding hydrogens is 1050 g/mol. The molecule has 0 radical (unpaired) electrons.